The Morgan fingerprint density at radius 2 is 1.90 bits per heavy atom. The molecule has 1 N–H and O–H groups in total. The molecule has 0 bridgehead atoms. The molecule has 2 fully saturated rings. The van der Waals surface area contributed by atoms with E-state index in [1.807, 2.05) is 4.52 Å². The molecule has 3 aromatic rings. The van der Waals surface area contributed by atoms with E-state index in [4.69, 9.17) is 9.84 Å². The minimum atomic E-state index is 0.414. The predicted molar refractivity (Wildman–Crippen MR) is 117 cm³/mol. The quantitative estimate of drug-likeness (QED) is 0.709. The van der Waals surface area contributed by atoms with Crippen LogP contribution in [0.4, 0.5) is 0 Å². The lowest BCUT2D eigenvalue weighted by Gasteiger charge is -2.38. The van der Waals surface area contributed by atoms with Crippen LogP contribution in [0.1, 0.15) is 68.2 Å². The number of hydrogen-bond donors (Lipinski definition) is 1. The molecule has 0 spiro atoms. The summed E-state index contributed by atoms with van der Waals surface area (Å²) >= 11 is 0. The topological polar surface area (TPSA) is 71.3 Å². The van der Waals surface area contributed by atoms with Crippen LogP contribution in [0.3, 0.4) is 0 Å². The minimum absolute atomic E-state index is 0.414. The average molecular weight is 409 g/mol. The Morgan fingerprint density at radius 3 is 2.63 bits per heavy atom. The van der Waals surface area contributed by atoms with Crippen molar-refractivity contribution in [3.05, 3.63) is 35.4 Å². The number of rotatable bonds is 4. The Balaban J connectivity index is 1.40. The van der Waals surface area contributed by atoms with Crippen molar-refractivity contribution in [2.75, 3.05) is 26.3 Å². The molecular formula is C23H32N6O. The van der Waals surface area contributed by atoms with E-state index in [0.717, 1.165) is 48.8 Å². The summed E-state index contributed by atoms with van der Waals surface area (Å²) in [6, 6.07) is 2.90. The summed E-state index contributed by atoms with van der Waals surface area (Å²) in [6.45, 7) is 10.6. The maximum absolute atomic E-state index is 5.53. The van der Waals surface area contributed by atoms with Gasteiger partial charge < -0.3 is 4.74 Å². The molecule has 4 heterocycles. The highest BCUT2D eigenvalue weighted by atomic mass is 16.5. The third kappa shape index (κ3) is 3.54. The number of ether oxygens (including phenoxy) is 1. The summed E-state index contributed by atoms with van der Waals surface area (Å²) in [5, 5.41) is 12.6. The molecule has 5 rings (SSSR count). The van der Waals surface area contributed by atoms with Crippen LogP contribution in [-0.4, -0.2) is 62.0 Å². The van der Waals surface area contributed by atoms with Gasteiger partial charge in [0.15, 0.2) is 5.65 Å². The highest BCUT2D eigenvalue weighted by Gasteiger charge is 2.31. The van der Waals surface area contributed by atoms with Crippen LogP contribution in [0.25, 0.3) is 16.9 Å². The normalized spacial score (nSPS) is 23.5. The van der Waals surface area contributed by atoms with E-state index in [9.17, 15) is 0 Å². The Morgan fingerprint density at radius 1 is 1.13 bits per heavy atom. The number of aromatic amines is 1. The fraction of sp³-hybridized carbons (Fsp3) is 0.609. The minimum Gasteiger partial charge on any atom is -0.379 e. The first-order valence-electron chi connectivity index (χ1n) is 11.3. The van der Waals surface area contributed by atoms with E-state index in [1.54, 1.807) is 6.33 Å². The van der Waals surface area contributed by atoms with Crippen LogP contribution in [0.2, 0.25) is 0 Å². The summed E-state index contributed by atoms with van der Waals surface area (Å²) in [5.74, 6) is 0.981. The fourth-order valence-corrected chi connectivity index (χ4v) is 5.38. The maximum Gasteiger partial charge on any atom is 0.158 e. The lowest BCUT2D eigenvalue weighted by Crippen LogP contribution is -2.44. The van der Waals surface area contributed by atoms with E-state index >= 15 is 0 Å². The molecule has 1 saturated heterocycles. The number of aromatic nitrogens is 5. The number of aryl methyl sites for hydroxylation is 1. The smallest absolute Gasteiger partial charge is 0.158 e. The molecule has 1 saturated carbocycles. The molecule has 0 unspecified atom stereocenters. The van der Waals surface area contributed by atoms with Crippen molar-refractivity contribution >= 4 is 5.65 Å². The molecule has 2 aliphatic rings. The Labute approximate surface area is 177 Å². The maximum atomic E-state index is 5.53. The van der Waals surface area contributed by atoms with Crippen LogP contribution in [-0.2, 0) is 4.74 Å². The molecule has 3 aromatic heterocycles. The fourth-order valence-electron chi connectivity index (χ4n) is 5.38. The van der Waals surface area contributed by atoms with Gasteiger partial charge in [0.2, 0.25) is 0 Å². The van der Waals surface area contributed by atoms with Gasteiger partial charge in [0, 0.05) is 48.1 Å². The van der Waals surface area contributed by atoms with Gasteiger partial charge in [-0.15, -0.1) is 0 Å². The SMILES string of the molecule is Cc1cc(-c2n[nH]c(C3CCC(N4CCOCC4)CC3)c2C(C)C)cn2ncnc12. The molecule has 30 heavy (non-hydrogen) atoms. The monoisotopic (exact) mass is 408 g/mol. The van der Waals surface area contributed by atoms with Gasteiger partial charge in [0.05, 0.1) is 18.9 Å². The first-order chi connectivity index (χ1) is 14.6. The number of nitrogens with zero attached hydrogens (tertiary/aromatic N) is 5. The molecular weight excluding hydrogens is 376 g/mol. The zero-order chi connectivity index (χ0) is 20.7. The third-order valence-corrected chi connectivity index (χ3v) is 6.91. The molecule has 0 amide bonds. The van der Waals surface area contributed by atoms with E-state index in [-0.39, 0.29) is 0 Å². The van der Waals surface area contributed by atoms with Gasteiger partial charge in [0.25, 0.3) is 0 Å². The van der Waals surface area contributed by atoms with E-state index in [0.29, 0.717) is 17.9 Å². The second kappa shape index (κ2) is 8.12. The molecule has 0 aromatic carbocycles. The van der Waals surface area contributed by atoms with E-state index < -0.39 is 0 Å². The van der Waals surface area contributed by atoms with Crippen LogP contribution in [0.15, 0.2) is 18.6 Å². The highest BCUT2D eigenvalue weighted by Crippen LogP contribution is 2.40. The second-order valence-corrected chi connectivity index (χ2v) is 9.15. The molecule has 7 heteroatoms. The standard InChI is InChI=1S/C23H32N6O/c1-15(2)20-21(17-4-6-19(7-5-17)28-8-10-30-11-9-28)26-27-22(20)18-12-16(3)23-24-14-25-29(23)13-18/h12-15,17,19H,4-11H2,1-3H3,(H,26,27). The molecule has 0 radical (unpaired) electrons. The number of pyridine rings is 1. The zero-order valence-electron chi connectivity index (χ0n) is 18.3. The summed E-state index contributed by atoms with van der Waals surface area (Å²) < 4.78 is 7.39. The van der Waals surface area contributed by atoms with Gasteiger partial charge in [-0.05, 0) is 50.2 Å². The van der Waals surface area contributed by atoms with Gasteiger partial charge in [0.1, 0.15) is 6.33 Å². The average Bonchev–Trinajstić information content (AvgIpc) is 3.42. The van der Waals surface area contributed by atoms with Crippen molar-refractivity contribution < 1.29 is 4.74 Å². The van der Waals surface area contributed by atoms with Crippen molar-refractivity contribution in [3.63, 3.8) is 0 Å². The van der Waals surface area contributed by atoms with Crippen LogP contribution in [0, 0.1) is 6.92 Å². The van der Waals surface area contributed by atoms with Crippen LogP contribution < -0.4 is 0 Å². The van der Waals surface area contributed by atoms with Crippen molar-refractivity contribution in [2.45, 2.75) is 64.3 Å². The van der Waals surface area contributed by atoms with Gasteiger partial charge in [-0.3, -0.25) is 10.00 Å². The summed E-state index contributed by atoms with van der Waals surface area (Å²) in [5.41, 5.74) is 6.91. The van der Waals surface area contributed by atoms with Gasteiger partial charge in [-0.1, -0.05) is 13.8 Å². The third-order valence-electron chi connectivity index (χ3n) is 6.91. The lowest BCUT2D eigenvalue weighted by atomic mass is 9.80. The highest BCUT2D eigenvalue weighted by molar-refractivity contribution is 5.68. The number of morpholine rings is 1. The number of H-pyrrole nitrogens is 1. The number of hydrogen-bond acceptors (Lipinski definition) is 5. The number of nitrogens with one attached hydrogen (secondary N) is 1. The molecule has 7 nitrogen and oxygen atoms in total. The Bertz CT molecular complexity index is 1010. The molecule has 0 atom stereocenters. The van der Waals surface area contributed by atoms with Crippen molar-refractivity contribution in [1.29, 1.82) is 0 Å². The molecule has 1 aliphatic carbocycles. The summed E-state index contributed by atoms with van der Waals surface area (Å²) in [4.78, 5) is 6.98. The van der Waals surface area contributed by atoms with E-state index in [2.05, 4.69) is 53.1 Å². The zero-order valence-corrected chi connectivity index (χ0v) is 18.3. The summed E-state index contributed by atoms with van der Waals surface area (Å²) in [6.07, 6.45) is 8.64. The molecule has 1 aliphatic heterocycles. The van der Waals surface area contributed by atoms with Crippen LogP contribution >= 0.6 is 0 Å². The van der Waals surface area contributed by atoms with E-state index in [1.165, 1.54) is 36.9 Å². The van der Waals surface area contributed by atoms with Gasteiger partial charge in [-0.2, -0.15) is 10.2 Å². The summed E-state index contributed by atoms with van der Waals surface area (Å²) in [7, 11) is 0. The Hall–Kier alpha value is -2.25. The largest absolute Gasteiger partial charge is 0.379 e. The Kier molecular flexibility index (Phi) is 5.33. The van der Waals surface area contributed by atoms with Crippen molar-refractivity contribution in [1.82, 2.24) is 29.7 Å². The van der Waals surface area contributed by atoms with Crippen molar-refractivity contribution in [3.8, 4) is 11.3 Å². The number of fused-ring (bicyclic) bond motifs is 1. The van der Waals surface area contributed by atoms with Gasteiger partial charge in [-0.25, -0.2) is 9.50 Å². The predicted octanol–water partition coefficient (Wildman–Crippen LogP) is 3.91. The first-order valence-corrected chi connectivity index (χ1v) is 11.3. The molecule has 160 valence electrons. The van der Waals surface area contributed by atoms with Crippen LogP contribution in [0.5, 0.6) is 0 Å². The lowest BCUT2D eigenvalue weighted by molar-refractivity contribution is 0.00719. The second-order valence-electron chi connectivity index (χ2n) is 9.15. The van der Waals surface area contributed by atoms with Crippen molar-refractivity contribution in [2.24, 2.45) is 0 Å². The first kappa shape index (κ1) is 19.7. The van der Waals surface area contributed by atoms with Gasteiger partial charge >= 0.3 is 0 Å².